The maximum Gasteiger partial charge on any atom is 0.240 e. The monoisotopic (exact) mass is 313 g/mol. The third kappa shape index (κ3) is 4.09. The molecule has 2 rings (SSSR count). The van der Waals surface area contributed by atoms with Crippen molar-refractivity contribution in [2.75, 3.05) is 24.1 Å². The van der Waals surface area contributed by atoms with Gasteiger partial charge in [-0.3, -0.25) is 0 Å². The Bertz CT molecular complexity index is 589. The molecule has 0 aromatic heterocycles. The average molecular weight is 313 g/mol. The van der Waals surface area contributed by atoms with E-state index < -0.39 is 10.0 Å². The molecule has 21 heavy (non-hydrogen) atoms. The van der Waals surface area contributed by atoms with Gasteiger partial charge in [-0.25, -0.2) is 13.1 Å². The van der Waals surface area contributed by atoms with E-state index in [1.165, 1.54) is 6.07 Å². The van der Waals surface area contributed by atoms with Gasteiger partial charge in [0.25, 0.3) is 0 Å². The maximum absolute atomic E-state index is 12.0. The number of nitrogens with one attached hydrogen (secondary N) is 2. The van der Waals surface area contributed by atoms with Crippen LogP contribution in [0.1, 0.15) is 26.2 Å². The molecule has 1 saturated carbocycles. The number of anilines is 2. The normalized spacial score (nSPS) is 22.4. The van der Waals surface area contributed by atoms with Gasteiger partial charge in [0.2, 0.25) is 10.0 Å². The van der Waals surface area contributed by atoms with Gasteiger partial charge in [0.1, 0.15) is 0 Å². The Morgan fingerprint density at radius 3 is 2.76 bits per heavy atom. The lowest BCUT2D eigenvalue weighted by Crippen LogP contribution is -2.23. The minimum absolute atomic E-state index is 0.201. The third-order valence-electron chi connectivity index (χ3n) is 3.76. The van der Waals surface area contributed by atoms with Crippen LogP contribution in [0, 0.1) is 5.92 Å². The Morgan fingerprint density at radius 2 is 2.14 bits per heavy atom. The van der Waals surface area contributed by atoms with Crippen molar-refractivity contribution in [2.45, 2.75) is 37.2 Å². The van der Waals surface area contributed by atoms with Gasteiger partial charge < -0.3 is 16.2 Å². The first-order chi connectivity index (χ1) is 9.92. The standard InChI is InChI=1S/C14H23N3O3S/c1-2-17-21(19,20)12-5-6-13(15)14(8-12)16-9-10-3-4-11(18)7-10/h5-6,8,10-11,16-18H,2-4,7,9,15H2,1H3. The third-order valence-corrected chi connectivity index (χ3v) is 5.31. The number of nitrogens with two attached hydrogens (primary N) is 1. The number of rotatable bonds is 6. The molecule has 7 heteroatoms. The second-order valence-corrected chi connectivity index (χ2v) is 7.23. The molecule has 1 aromatic rings. The van der Waals surface area contributed by atoms with Crippen LogP contribution < -0.4 is 15.8 Å². The van der Waals surface area contributed by atoms with Crippen LogP contribution in [0.2, 0.25) is 0 Å². The smallest absolute Gasteiger partial charge is 0.240 e. The predicted octanol–water partition coefficient (Wildman–Crippen LogP) is 1.14. The van der Waals surface area contributed by atoms with Gasteiger partial charge in [0, 0.05) is 13.1 Å². The van der Waals surface area contributed by atoms with Crippen molar-refractivity contribution >= 4 is 21.4 Å². The Labute approximate surface area is 125 Å². The topological polar surface area (TPSA) is 104 Å². The summed E-state index contributed by atoms with van der Waals surface area (Å²) in [6.07, 6.45) is 2.37. The fourth-order valence-corrected chi connectivity index (χ4v) is 3.68. The molecule has 0 aliphatic heterocycles. The summed E-state index contributed by atoms with van der Waals surface area (Å²) in [5.41, 5.74) is 7.03. The van der Waals surface area contributed by atoms with E-state index in [9.17, 15) is 13.5 Å². The van der Waals surface area contributed by atoms with Crippen molar-refractivity contribution in [3.8, 4) is 0 Å². The zero-order valence-corrected chi connectivity index (χ0v) is 13.0. The van der Waals surface area contributed by atoms with E-state index >= 15 is 0 Å². The molecular weight excluding hydrogens is 290 g/mol. The molecular formula is C14H23N3O3S. The molecule has 0 spiro atoms. The number of benzene rings is 1. The lowest BCUT2D eigenvalue weighted by Gasteiger charge is -2.15. The second kappa shape index (κ2) is 6.64. The summed E-state index contributed by atoms with van der Waals surface area (Å²) in [6.45, 7) is 2.76. The first kappa shape index (κ1) is 16.1. The minimum atomic E-state index is -3.48. The Hall–Kier alpha value is -1.31. The molecule has 1 fully saturated rings. The molecule has 2 unspecified atom stereocenters. The zero-order valence-electron chi connectivity index (χ0n) is 12.2. The van der Waals surface area contributed by atoms with Gasteiger partial charge in [0.15, 0.2) is 0 Å². The van der Waals surface area contributed by atoms with E-state index in [0.29, 0.717) is 30.4 Å². The molecule has 0 radical (unpaired) electrons. The lowest BCUT2D eigenvalue weighted by atomic mass is 10.1. The highest BCUT2D eigenvalue weighted by Gasteiger charge is 2.22. The van der Waals surface area contributed by atoms with Crippen LogP contribution in [0.15, 0.2) is 23.1 Å². The van der Waals surface area contributed by atoms with Crippen molar-refractivity contribution in [1.82, 2.24) is 4.72 Å². The Kier molecular flexibility index (Phi) is 5.08. The largest absolute Gasteiger partial charge is 0.397 e. The number of aliphatic hydroxyl groups is 1. The molecule has 1 aromatic carbocycles. The van der Waals surface area contributed by atoms with Gasteiger partial charge in [-0.15, -0.1) is 0 Å². The molecule has 0 bridgehead atoms. The minimum Gasteiger partial charge on any atom is -0.397 e. The number of aliphatic hydroxyl groups excluding tert-OH is 1. The summed E-state index contributed by atoms with van der Waals surface area (Å²) in [7, 11) is -3.48. The van der Waals surface area contributed by atoms with Crippen molar-refractivity contribution in [3.05, 3.63) is 18.2 Å². The Morgan fingerprint density at radius 1 is 1.38 bits per heavy atom. The lowest BCUT2D eigenvalue weighted by molar-refractivity contribution is 0.178. The molecule has 1 aliphatic carbocycles. The molecule has 2 atom stereocenters. The summed E-state index contributed by atoms with van der Waals surface area (Å²) >= 11 is 0. The van der Waals surface area contributed by atoms with Crippen LogP contribution in [-0.2, 0) is 10.0 Å². The molecule has 0 heterocycles. The second-order valence-electron chi connectivity index (χ2n) is 5.46. The van der Waals surface area contributed by atoms with E-state index in [0.717, 1.165) is 19.3 Å². The fraction of sp³-hybridized carbons (Fsp3) is 0.571. The number of sulfonamides is 1. The van der Waals surface area contributed by atoms with Gasteiger partial charge >= 0.3 is 0 Å². The summed E-state index contributed by atoms with van der Waals surface area (Å²) in [5.74, 6) is 0.397. The Balaban J connectivity index is 2.09. The van der Waals surface area contributed by atoms with E-state index in [-0.39, 0.29) is 11.0 Å². The van der Waals surface area contributed by atoms with Crippen LogP contribution in [-0.4, -0.2) is 32.7 Å². The highest BCUT2D eigenvalue weighted by atomic mass is 32.2. The first-order valence-electron chi connectivity index (χ1n) is 7.23. The van der Waals surface area contributed by atoms with Crippen LogP contribution in [0.4, 0.5) is 11.4 Å². The molecule has 118 valence electrons. The summed E-state index contributed by atoms with van der Waals surface area (Å²) < 4.78 is 26.4. The van der Waals surface area contributed by atoms with Crippen LogP contribution in [0.5, 0.6) is 0 Å². The van der Waals surface area contributed by atoms with Gasteiger partial charge in [-0.1, -0.05) is 6.92 Å². The van der Waals surface area contributed by atoms with Crippen molar-refractivity contribution in [2.24, 2.45) is 5.92 Å². The van der Waals surface area contributed by atoms with Crippen molar-refractivity contribution < 1.29 is 13.5 Å². The summed E-state index contributed by atoms with van der Waals surface area (Å²) in [6, 6.07) is 4.65. The zero-order chi connectivity index (χ0) is 15.5. The average Bonchev–Trinajstić information content (AvgIpc) is 2.83. The number of hydrogen-bond acceptors (Lipinski definition) is 5. The molecule has 6 nitrogen and oxygen atoms in total. The fourth-order valence-electron chi connectivity index (χ4n) is 2.62. The highest BCUT2D eigenvalue weighted by molar-refractivity contribution is 7.89. The van der Waals surface area contributed by atoms with Crippen LogP contribution in [0.3, 0.4) is 0 Å². The van der Waals surface area contributed by atoms with Gasteiger partial charge in [-0.2, -0.15) is 0 Å². The van der Waals surface area contributed by atoms with Crippen molar-refractivity contribution in [3.63, 3.8) is 0 Å². The van der Waals surface area contributed by atoms with Gasteiger partial charge in [-0.05, 0) is 43.4 Å². The summed E-state index contributed by atoms with van der Waals surface area (Å²) in [4.78, 5) is 0.201. The predicted molar refractivity (Wildman–Crippen MR) is 83.6 cm³/mol. The summed E-state index contributed by atoms with van der Waals surface area (Å²) in [5, 5.41) is 12.7. The van der Waals surface area contributed by atoms with E-state index in [1.54, 1.807) is 19.1 Å². The maximum atomic E-state index is 12.0. The van der Waals surface area contributed by atoms with E-state index in [2.05, 4.69) is 10.0 Å². The van der Waals surface area contributed by atoms with Crippen LogP contribution >= 0.6 is 0 Å². The molecule has 0 amide bonds. The molecule has 1 aliphatic rings. The molecule has 5 N–H and O–H groups in total. The van der Waals surface area contributed by atoms with Crippen molar-refractivity contribution in [1.29, 1.82) is 0 Å². The highest BCUT2D eigenvalue weighted by Crippen LogP contribution is 2.28. The van der Waals surface area contributed by atoms with Gasteiger partial charge in [0.05, 0.1) is 22.4 Å². The number of hydrogen-bond donors (Lipinski definition) is 4. The van der Waals surface area contributed by atoms with E-state index in [4.69, 9.17) is 5.73 Å². The SMILES string of the molecule is CCNS(=O)(=O)c1ccc(N)c(NCC2CCC(O)C2)c1. The quantitative estimate of drug-likeness (QED) is 0.590. The van der Waals surface area contributed by atoms with E-state index in [1.807, 2.05) is 0 Å². The number of nitrogen functional groups attached to an aromatic ring is 1. The first-order valence-corrected chi connectivity index (χ1v) is 8.72. The van der Waals surface area contributed by atoms with Crippen LogP contribution in [0.25, 0.3) is 0 Å². The molecule has 0 saturated heterocycles.